The standard InChI is InChI=1S/C17H18ClN5OS/c1-3-22(4-2)15(24)10-25-17-14-9-21-23(16(14)19-11-20-17)13-7-5-12(18)6-8-13/h5-9,11H,3-4,10H2,1-2H3. The molecule has 0 atom stereocenters. The summed E-state index contributed by atoms with van der Waals surface area (Å²) in [6.07, 6.45) is 3.23. The second-order valence-corrected chi connectivity index (χ2v) is 6.70. The summed E-state index contributed by atoms with van der Waals surface area (Å²) in [6.45, 7) is 5.38. The molecule has 2 aromatic heterocycles. The number of halogens is 1. The van der Waals surface area contributed by atoms with Gasteiger partial charge in [0, 0.05) is 18.1 Å². The van der Waals surface area contributed by atoms with E-state index >= 15 is 0 Å². The molecule has 0 saturated carbocycles. The van der Waals surface area contributed by atoms with Crippen LogP contribution >= 0.6 is 23.4 Å². The number of fused-ring (bicyclic) bond motifs is 1. The summed E-state index contributed by atoms with van der Waals surface area (Å²) in [5.74, 6) is 0.451. The van der Waals surface area contributed by atoms with Crippen molar-refractivity contribution in [3.8, 4) is 5.69 Å². The average molecular weight is 376 g/mol. The Balaban J connectivity index is 1.86. The molecule has 0 aliphatic rings. The van der Waals surface area contributed by atoms with Crippen LogP contribution in [0.2, 0.25) is 5.02 Å². The van der Waals surface area contributed by atoms with E-state index in [1.807, 2.05) is 43.0 Å². The van der Waals surface area contributed by atoms with E-state index < -0.39 is 0 Å². The normalized spacial score (nSPS) is 11.0. The summed E-state index contributed by atoms with van der Waals surface area (Å²) < 4.78 is 1.74. The van der Waals surface area contributed by atoms with Crippen molar-refractivity contribution < 1.29 is 4.79 Å². The number of nitrogens with zero attached hydrogens (tertiary/aromatic N) is 5. The van der Waals surface area contributed by atoms with Gasteiger partial charge in [0.05, 0.1) is 23.0 Å². The van der Waals surface area contributed by atoms with Gasteiger partial charge in [0.1, 0.15) is 11.4 Å². The maximum atomic E-state index is 12.2. The molecule has 3 rings (SSSR count). The van der Waals surface area contributed by atoms with Crippen LogP contribution < -0.4 is 0 Å². The van der Waals surface area contributed by atoms with Crippen LogP contribution in [0.3, 0.4) is 0 Å². The van der Waals surface area contributed by atoms with Gasteiger partial charge in [0.2, 0.25) is 5.91 Å². The third-order valence-electron chi connectivity index (χ3n) is 3.85. The molecule has 0 N–H and O–H groups in total. The third-order valence-corrected chi connectivity index (χ3v) is 5.09. The van der Waals surface area contributed by atoms with Crippen LogP contribution in [0.1, 0.15) is 13.8 Å². The number of hydrogen-bond donors (Lipinski definition) is 0. The zero-order valence-corrected chi connectivity index (χ0v) is 15.6. The lowest BCUT2D eigenvalue weighted by Crippen LogP contribution is -2.31. The zero-order valence-electron chi connectivity index (χ0n) is 14.0. The maximum absolute atomic E-state index is 12.2. The van der Waals surface area contributed by atoms with Crippen molar-refractivity contribution in [2.24, 2.45) is 0 Å². The molecule has 0 radical (unpaired) electrons. The summed E-state index contributed by atoms with van der Waals surface area (Å²) in [6, 6.07) is 7.38. The minimum Gasteiger partial charge on any atom is -0.343 e. The van der Waals surface area contributed by atoms with Gasteiger partial charge < -0.3 is 4.90 Å². The molecule has 0 bridgehead atoms. The monoisotopic (exact) mass is 375 g/mol. The Morgan fingerprint density at radius 3 is 2.60 bits per heavy atom. The molecule has 0 fully saturated rings. The Hall–Kier alpha value is -2.12. The summed E-state index contributed by atoms with van der Waals surface area (Å²) in [5.41, 5.74) is 1.57. The Kier molecular flexibility index (Phi) is 5.55. The lowest BCUT2D eigenvalue weighted by Gasteiger charge is -2.17. The molecule has 1 aromatic carbocycles. The molecule has 1 amide bonds. The van der Waals surface area contributed by atoms with Crippen LogP contribution in [0.4, 0.5) is 0 Å². The van der Waals surface area contributed by atoms with Gasteiger partial charge in [-0.1, -0.05) is 23.4 Å². The topological polar surface area (TPSA) is 63.9 Å². The first kappa shape index (κ1) is 17.7. The largest absolute Gasteiger partial charge is 0.343 e. The summed E-state index contributed by atoms with van der Waals surface area (Å²) in [7, 11) is 0. The van der Waals surface area contributed by atoms with Crippen molar-refractivity contribution in [3.05, 3.63) is 41.8 Å². The number of thioether (sulfide) groups is 1. The molecule has 3 aromatic rings. The molecule has 0 saturated heterocycles. The predicted molar refractivity (Wildman–Crippen MR) is 100 cm³/mol. The van der Waals surface area contributed by atoms with Crippen molar-refractivity contribution in [2.75, 3.05) is 18.8 Å². The van der Waals surface area contributed by atoms with E-state index in [1.54, 1.807) is 10.9 Å². The smallest absolute Gasteiger partial charge is 0.232 e. The molecule has 8 heteroatoms. The van der Waals surface area contributed by atoms with Crippen molar-refractivity contribution in [3.63, 3.8) is 0 Å². The number of benzene rings is 1. The number of aromatic nitrogens is 4. The van der Waals surface area contributed by atoms with Crippen molar-refractivity contribution in [1.82, 2.24) is 24.6 Å². The first-order chi connectivity index (χ1) is 12.1. The number of carbonyl (C=O) groups is 1. The van der Waals surface area contributed by atoms with Crippen molar-refractivity contribution in [1.29, 1.82) is 0 Å². The molecule has 0 aliphatic heterocycles. The molecule has 2 heterocycles. The van der Waals surface area contributed by atoms with Crippen molar-refractivity contribution >= 4 is 40.3 Å². The Morgan fingerprint density at radius 2 is 1.92 bits per heavy atom. The van der Waals surface area contributed by atoms with E-state index in [2.05, 4.69) is 15.1 Å². The van der Waals surface area contributed by atoms with Gasteiger partial charge >= 0.3 is 0 Å². The van der Waals surface area contributed by atoms with E-state index in [-0.39, 0.29) is 5.91 Å². The van der Waals surface area contributed by atoms with E-state index in [0.29, 0.717) is 29.5 Å². The summed E-state index contributed by atoms with van der Waals surface area (Å²) in [4.78, 5) is 22.7. The van der Waals surface area contributed by atoms with Gasteiger partial charge in [-0.2, -0.15) is 5.10 Å². The lowest BCUT2D eigenvalue weighted by molar-refractivity contribution is -0.127. The summed E-state index contributed by atoms with van der Waals surface area (Å²) >= 11 is 7.35. The van der Waals surface area contributed by atoms with Crippen LogP contribution in [-0.4, -0.2) is 49.4 Å². The fraction of sp³-hybridized carbons (Fsp3) is 0.294. The van der Waals surface area contributed by atoms with E-state index in [4.69, 9.17) is 11.6 Å². The minimum atomic E-state index is 0.104. The third kappa shape index (κ3) is 3.77. The minimum absolute atomic E-state index is 0.104. The van der Waals surface area contributed by atoms with Gasteiger partial charge in [-0.15, -0.1) is 0 Å². The molecular formula is C17H18ClN5OS. The van der Waals surface area contributed by atoms with E-state index in [0.717, 1.165) is 16.1 Å². The predicted octanol–water partition coefficient (Wildman–Crippen LogP) is 3.43. The van der Waals surface area contributed by atoms with Crippen LogP contribution in [0.25, 0.3) is 16.7 Å². The zero-order chi connectivity index (χ0) is 17.8. The number of amides is 1. The Morgan fingerprint density at radius 1 is 1.20 bits per heavy atom. The highest BCUT2D eigenvalue weighted by Crippen LogP contribution is 2.26. The molecular weight excluding hydrogens is 358 g/mol. The first-order valence-electron chi connectivity index (χ1n) is 7.99. The SMILES string of the molecule is CCN(CC)C(=O)CSc1ncnc2c1cnn2-c1ccc(Cl)cc1. The van der Waals surface area contributed by atoms with Gasteiger partial charge in [-0.25, -0.2) is 14.6 Å². The number of hydrogen-bond acceptors (Lipinski definition) is 5. The van der Waals surface area contributed by atoms with Crippen molar-refractivity contribution in [2.45, 2.75) is 18.9 Å². The lowest BCUT2D eigenvalue weighted by atomic mass is 10.3. The van der Waals surface area contributed by atoms with E-state index in [1.165, 1.54) is 18.1 Å². The number of rotatable bonds is 6. The molecule has 130 valence electrons. The van der Waals surface area contributed by atoms with E-state index in [9.17, 15) is 4.79 Å². The highest BCUT2D eigenvalue weighted by atomic mass is 35.5. The molecule has 0 spiro atoms. The fourth-order valence-corrected chi connectivity index (χ4v) is 3.50. The van der Waals surface area contributed by atoms with Crippen LogP contribution in [0.15, 0.2) is 41.8 Å². The second-order valence-electron chi connectivity index (χ2n) is 5.30. The van der Waals surface area contributed by atoms with Crippen LogP contribution in [0, 0.1) is 0 Å². The second kappa shape index (κ2) is 7.84. The quantitative estimate of drug-likeness (QED) is 0.488. The van der Waals surface area contributed by atoms with Crippen LogP contribution in [0.5, 0.6) is 0 Å². The van der Waals surface area contributed by atoms with Gasteiger partial charge in [0.25, 0.3) is 0 Å². The highest BCUT2D eigenvalue weighted by Gasteiger charge is 2.15. The maximum Gasteiger partial charge on any atom is 0.232 e. The molecule has 6 nitrogen and oxygen atoms in total. The average Bonchev–Trinajstić information content (AvgIpc) is 3.06. The first-order valence-corrected chi connectivity index (χ1v) is 9.35. The molecule has 0 aliphatic carbocycles. The van der Waals surface area contributed by atoms with Gasteiger partial charge in [-0.3, -0.25) is 4.79 Å². The Bertz CT molecular complexity index is 876. The Labute approximate surface area is 155 Å². The summed E-state index contributed by atoms with van der Waals surface area (Å²) in [5, 5.41) is 6.66. The fourth-order valence-electron chi connectivity index (χ4n) is 2.51. The van der Waals surface area contributed by atoms with Crippen LogP contribution in [-0.2, 0) is 4.79 Å². The van der Waals surface area contributed by atoms with Gasteiger partial charge in [-0.05, 0) is 38.1 Å². The highest BCUT2D eigenvalue weighted by molar-refractivity contribution is 8.00. The van der Waals surface area contributed by atoms with Gasteiger partial charge in [0.15, 0.2) is 5.65 Å². The number of carbonyl (C=O) groups excluding carboxylic acids is 1. The molecule has 25 heavy (non-hydrogen) atoms. The molecule has 0 unspecified atom stereocenters.